The number of nitro benzene ring substituents is 1. The average molecular weight is 387 g/mol. The second kappa shape index (κ2) is 7.28. The van der Waals surface area contributed by atoms with Crippen LogP contribution in [0.25, 0.3) is 21.6 Å². The van der Waals surface area contributed by atoms with E-state index in [0.29, 0.717) is 16.1 Å². The third-order valence-electron chi connectivity index (χ3n) is 3.97. The third-order valence-corrected chi connectivity index (χ3v) is 4.89. The molecule has 1 aromatic carbocycles. The zero-order valence-electron chi connectivity index (χ0n) is 14.9. The van der Waals surface area contributed by atoms with E-state index in [0.717, 1.165) is 18.1 Å². The largest absolute Gasteiger partial charge is 0.465 e. The van der Waals surface area contributed by atoms with Crippen molar-refractivity contribution in [2.45, 2.75) is 20.3 Å². The summed E-state index contributed by atoms with van der Waals surface area (Å²) in [6.07, 6.45) is 0.757. The van der Waals surface area contributed by atoms with E-state index in [1.165, 1.54) is 30.6 Å². The number of rotatable bonds is 5. The first-order valence-corrected chi connectivity index (χ1v) is 9.06. The molecule has 0 spiro atoms. The smallest absolute Gasteiger partial charge is 0.338 e. The number of carbonyl (C=O) groups excluding carboxylic acids is 1. The minimum absolute atomic E-state index is 0.0103. The fourth-order valence-electron chi connectivity index (χ4n) is 2.82. The zero-order chi connectivity index (χ0) is 19.7. The maximum Gasteiger partial charge on any atom is 0.338 e. The zero-order valence-corrected chi connectivity index (χ0v) is 15.8. The number of H-pyrrole nitrogens is 1. The topological polar surface area (TPSA) is 115 Å². The fraction of sp³-hybridized carbons (Fsp3) is 0.278. The van der Waals surface area contributed by atoms with Crippen LogP contribution >= 0.6 is 11.3 Å². The fourth-order valence-corrected chi connectivity index (χ4v) is 3.78. The van der Waals surface area contributed by atoms with Crippen molar-refractivity contribution in [1.29, 1.82) is 0 Å². The number of non-ortho nitro benzene ring substituents is 1. The first-order chi connectivity index (χ1) is 12.8. The van der Waals surface area contributed by atoms with Crippen LogP contribution in [0.4, 0.5) is 5.69 Å². The van der Waals surface area contributed by atoms with Crippen LogP contribution in [-0.2, 0) is 11.2 Å². The van der Waals surface area contributed by atoms with E-state index >= 15 is 0 Å². The summed E-state index contributed by atoms with van der Waals surface area (Å²) in [6, 6.07) is 3.79. The molecule has 3 rings (SSSR count). The van der Waals surface area contributed by atoms with Gasteiger partial charge in [-0.2, -0.15) is 0 Å². The van der Waals surface area contributed by atoms with E-state index in [1.807, 2.05) is 5.38 Å². The van der Waals surface area contributed by atoms with Gasteiger partial charge in [-0.05, 0) is 29.3 Å². The van der Waals surface area contributed by atoms with Gasteiger partial charge in [-0.1, -0.05) is 13.8 Å². The van der Waals surface area contributed by atoms with Crippen LogP contribution in [0.1, 0.15) is 29.8 Å². The number of thiophene rings is 1. The van der Waals surface area contributed by atoms with Gasteiger partial charge in [-0.15, -0.1) is 11.3 Å². The molecule has 0 aliphatic rings. The summed E-state index contributed by atoms with van der Waals surface area (Å²) in [7, 11) is 1.19. The molecule has 0 aliphatic carbocycles. The Morgan fingerprint density at radius 2 is 2.11 bits per heavy atom. The van der Waals surface area contributed by atoms with E-state index in [-0.39, 0.29) is 28.2 Å². The Bertz CT molecular complexity index is 1100. The molecule has 1 N–H and O–H groups in total. The van der Waals surface area contributed by atoms with Crippen molar-refractivity contribution < 1.29 is 14.5 Å². The monoisotopic (exact) mass is 387 g/mol. The van der Waals surface area contributed by atoms with Crippen molar-refractivity contribution >= 4 is 33.2 Å². The van der Waals surface area contributed by atoms with Gasteiger partial charge in [0.15, 0.2) is 0 Å². The van der Waals surface area contributed by atoms with Gasteiger partial charge >= 0.3 is 5.97 Å². The molecular formula is C18H17N3O5S. The number of hydrogen-bond acceptors (Lipinski definition) is 7. The molecule has 0 radical (unpaired) electrons. The number of benzene rings is 1. The second-order valence-electron chi connectivity index (χ2n) is 6.47. The summed E-state index contributed by atoms with van der Waals surface area (Å²) in [5.74, 6) is -0.153. The molecule has 140 valence electrons. The summed E-state index contributed by atoms with van der Waals surface area (Å²) >= 11 is 1.35. The predicted molar refractivity (Wildman–Crippen MR) is 102 cm³/mol. The van der Waals surface area contributed by atoms with Crippen LogP contribution in [0, 0.1) is 16.0 Å². The molecule has 2 aromatic heterocycles. The van der Waals surface area contributed by atoms with Gasteiger partial charge in [-0.25, -0.2) is 9.78 Å². The Morgan fingerprint density at radius 1 is 1.37 bits per heavy atom. The SMILES string of the molecule is COC(=O)c1cc(-c2nc3scc(CC(C)C)c3c(=O)[nH]2)cc([N+](=O)[O-])c1. The van der Waals surface area contributed by atoms with Crippen molar-refractivity contribution in [3.8, 4) is 11.4 Å². The average Bonchev–Trinajstić information content (AvgIpc) is 3.03. The molecule has 0 bridgehead atoms. The Balaban J connectivity index is 2.17. The van der Waals surface area contributed by atoms with Crippen molar-refractivity contribution in [3.05, 3.63) is 55.2 Å². The predicted octanol–water partition coefficient (Wildman–Crippen LogP) is 3.54. The minimum Gasteiger partial charge on any atom is -0.465 e. The van der Waals surface area contributed by atoms with Crippen LogP contribution in [0.5, 0.6) is 0 Å². The number of nitro groups is 1. The molecule has 0 aliphatic heterocycles. The molecule has 0 saturated carbocycles. The molecule has 0 atom stereocenters. The number of carbonyl (C=O) groups is 1. The quantitative estimate of drug-likeness (QED) is 0.407. The maximum absolute atomic E-state index is 12.6. The van der Waals surface area contributed by atoms with Gasteiger partial charge in [0, 0.05) is 17.7 Å². The number of aromatic nitrogens is 2. The van der Waals surface area contributed by atoms with Gasteiger partial charge in [0.05, 0.1) is 23.0 Å². The Labute approximate surface area is 158 Å². The highest BCUT2D eigenvalue weighted by molar-refractivity contribution is 7.16. The Hall–Kier alpha value is -3.07. The van der Waals surface area contributed by atoms with E-state index in [4.69, 9.17) is 0 Å². The number of nitrogens with zero attached hydrogens (tertiary/aromatic N) is 2. The normalized spacial score (nSPS) is 11.1. The minimum atomic E-state index is -0.710. The Kier molecular flexibility index (Phi) is 5.04. The maximum atomic E-state index is 12.6. The molecule has 0 saturated heterocycles. The van der Waals surface area contributed by atoms with Crippen LogP contribution in [-0.4, -0.2) is 28.0 Å². The van der Waals surface area contributed by atoms with Crippen LogP contribution in [0.15, 0.2) is 28.4 Å². The summed E-state index contributed by atoms with van der Waals surface area (Å²) in [4.78, 5) is 42.7. The number of methoxy groups -OCH3 is 1. The van der Waals surface area contributed by atoms with E-state index in [2.05, 4.69) is 28.6 Å². The first-order valence-electron chi connectivity index (χ1n) is 8.18. The highest BCUT2D eigenvalue weighted by Gasteiger charge is 2.18. The molecule has 3 aromatic rings. The number of fused-ring (bicyclic) bond motifs is 1. The molecule has 0 fully saturated rings. The molecule has 8 nitrogen and oxygen atoms in total. The second-order valence-corrected chi connectivity index (χ2v) is 7.33. The summed E-state index contributed by atoms with van der Waals surface area (Å²) in [5.41, 5.74) is 0.610. The lowest BCUT2D eigenvalue weighted by molar-refractivity contribution is -0.384. The highest BCUT2D eigenvalue weighted by Crippen LogP contribution is 2.28. The van der Waals surface area contributed by atoms with Crippen molar-refractivity contribution in [2.75, 3.05) is 7.11 Å². The van der Waals surface area contributed by atoms with Gasteiger partial charge in [0.1, 0.15) is 10.7 Å². The number of aromatic amines is 1. The lowest BCUT2D eigenvalue weighted by Gasteiger charge is -2.06. The number of esters is 1. The molecule has 0 amide bonds. The number of nitrogens with one attached hydrogen (secondary N) is 1. The van der Waals surface area contributed by atoms with Crippen molar-refractivity contribution in [3.63, 3.8) is 0 Å². The standard InChI is InChI=1S/C18H17N3O5S/c1-9(2)4-12-8-27-17-14(12)16(22)19-15(20-17)10-5-11(18(23)26-3)7-13(6-10)21(24)25/h5-9H,4H2,1-3H3,(H,19,20,22). The van der Waals surface area contributed by atoms with Gasteiger partial charge < -0.3 is 9.72 Å². The van der Waals surface area contributed by atoms with Crippen molar-refractivity contribution in [2.24, 2.45) is 5.92 Å². The van der Waals surface area contributed by atoms with Gasteiger partial charge in [-0.3, -0.25) is 14.9 Å². The first kappa shape index (κ1) is 18.7. The molecule has 0 unspecified atom stereocenters. The molecule has 9 heteroatoms. The Morgan fingerprint density at radius 3 is 2.74 bits per heavy atom. The summed E-state index contributed by atoms with van der Waals surface area (Å²) in [6.45, 7) is 4.13. The van der Waals surface area contributed by atoms with E-state index < -0.39 is 10.9 Å². The highest BCUT2D eigenvalue weighted by atomic mass is 32.1. The lowest BCUT2D eigenvalue weighted by Crippen LogP contribution is -2.11. The van der Waals surface area contributed by atoms with Crippen LogP contribution in [0.3, 0.4) is 0 Å². The van der Waals surface area contributed by atoms with E-state index in [9.17, 15) is 19.7 Å². The van der Waals surface area contributed by atoms with E-state index in [1.54, 1.807) is 0 Å². The molecule has 2 heterocycles. The number of hydrogen-bond donors (Lipinski definition) is 1. The van der Waals surface area contributed by atoms with Gasteiger partial charge in [0.2, 0.25) is 0 Å². The lowest BCUT2D eigenvalue weighted by atomic mass is 10.0. The molecule has 27 heavy (non-hydrogen) atoms. The van der Waals surface area contributed by atoms with Crippen LogP contribution in [0.2, 0.25) is 0 Å². The molecular weight excluding hydrogens is 370 g/mol. The summed E-state index contributed by atoms with van der Waals surface area (Å²) in [5, 5.41) is 13.6. The van der Waals surface area contributed by atoms with Crippen molar-refractivity contribution in [1.82, 2.24) is 9.97 Å². The van der Waals surface area contributed by atoms with Gasteiger partial charge in [0.25, 0.3) is 11.2 Å². The third kappa shape index (κ3) is 3.72. The van der Waals surface area contributed by atoms with Crippen LogP contribution < -0.4 is 5.56 Å². The number of ether oxygens (including phenoxy) is 1. The summed E-state index contributed by atoms with van der Waals surface area (Å²) < 4.78 is 4.64.